The maximum atomic E-state index is 11.4. The highest BCUT2D eigenvalue weighted by atomic mass is 16.6. The molecular formula is C13H18N2O4. The average Bonchev–Trinajstić information content (AvgIpc) is 2.38. The molecule has 1 amide bonds. The van der Waals surface area contributed by atoms with Gasteiger partial charge in [0.05, 0.1) is 17.2 Å². The number of ether oxygens (including phenoxy) is 1. The highest BCUT2D eigenvalue weighted by Gasteiger charge is 2.08. The van der Waals surface area contributed by atoms with Gasteiger partial charge < -0.3 is 4.74 Å². The molecule has 0 spiro atoms. The Bertz CT molecular complexity index is 434. The van der Waals surface area contributed by atoms with Crippen molar-refractivity contribution in [3.05, 3.63) is 34.4 Å². The maximum Gasteiger partial charge on any atom is 0.411 e. The zero-order valence-electron chi connectivity index (χ0n) is 10.9. The van der Waals surface area contributed by atoms with E-state index in [4.69, 9.17) is 4.74 Å². The summed E-state index contributed by atoms with van der Waals surface area (Å²) in [7, 11) is 0. The molecule has 6 nitrogen and oxygen atoms in total. The first-order chi connectivity index (χ1) is 9.13. The van der Waals surface area contributed by atoms with Crippen molar-refractivity contribution in [2.24, 2.45) is 0 Å². The Morgan fingerprint density at radius 2 is 2.16 bits per heavy atom. The van der Waals surface area contributed by atoms with Crippen molar-refractivity contribution in [3.8, 4) is 0 Å². The number of anilines is 1. The van der Waals surface area contributed by atoms with Crippen molar-refractivity contribution in [1.29, 1.82) is 0 Å². The molecule has 0 unspecified atom stereocenters. The minimum Gasteiger partial charge on any atom is -0.449 e. The highest BCUT2D eigenvalue weighted by Crippen LogP contribution is 2.17. The van der Waals surface area contributed by atoms with Crippen LogP contribution >= 0.6 is 0 Å². The smallest absolute Gasteiger partial charge is 0.411 e. The van der Waals surface area contributed by atoms with E-state index in [-0.39, 0.29) is 5.69 Å². The first-order valence-corrected chi connectivity index (χ1v) is 6.31. The van der Waals surface area contributed by atoms with Gasteiger partial charge in [0.2, 0.25) is 0 Å². The Kier molecular flexibility index (Phi) is 6.35. The van der Waals surface area contributed by atoms with Gasteiger partial charge in [-0.05, 0) is 12.5 Å². The van der Waals surface area contributed by atoms with E-state index in [1.165, 1.54) is 18.2 Å². The van der Waals surface area contributed by atoms with E-state index >= 15 is 0 Å². The molecule has 0 fully saturated rings. The molecule has 0 bridgehead atoms. The lowest BCUT2D eigenvalue weighted by Crippen LogP contribution is -2.14. The Morgan fingerprint density at radius 3 is 2.84 bits per heavy atom. The summed E-state index contributed by atoms with van der Waals surface area (Å²) >= 11 is 0. The number of carbonyl (C=O) groups excluding carboxylic acids is 1. The van der Waals surface area contributed by atoms with E-state index in [1.54, 1.807) is 6.07 Å². The minimum atomic E-state index is -0.586. The molecule has 104 valence electrons. The van der Waals surface area contributed by atoms with Crippen LogP contribution in [0.2, 0.25) is 0 Å². The van der Waals surface area contributed by atoms with Crippen molar-refractivity contribution < 1.29 is 14.5 Å². The van der Waals surface area contributed by atoms with Gasteiger partial charge in [0.15, 0.2) is 0 Å². The van der Waals surface area contributed by atoms with E-state index in [1.807, 2.05) is 0 Å². The standard InChI is InChI=1S/C13H18N2O4/c1-2-3-4-5-9-19-13(16)14-11-7-6-8-12(10-11)15(17)18/h6-8,10H,2-5,9H2,1H3,(H,14,16). The van der Waals surface area contributed by atoms with Gasteiger partial charge in [-0.25, -0.2) is 4.79 Å². The lowest BCUT2D eigenvalue weighted by molar-refractivity contribution is -0.384. The summed E-state index contributed by atoms with van der Waals surface area (Å²) < 4.78 is 4.97. The Balaban J connectivity index is 2.35. The van der Waals surface area contributed by atoms with E-state index in [2.05, 4.69) is 12.2 Å². The zero-order valence-corrected chi connectivity index (χ0v) is 10.9. The minimum absolute atomic E-state index is 0.0688. The third kappa shape index (κ3) is 5.85. The summed E-state index contributed by atoms with van der Waals surface area (Å²) in [5.74, 6) is 0. The van der Waals surface area contributed by atoms with Crippen LogP contribution in [0.4, 0.5) is 16.2 Å². The molecular weight excluding hydrogens is 248 g/mol. The lowest BCUT2D eigenvalue weighted by Gasteiger charge is -2.06. The van der Waals surface area contributed by atoms with Crippen LogP contribution in [0, 0.1) is 10.1 Å². The molecule has 0 aromatic heterocycles. The topological polar surface area (TPSA) is 81.5 Å². The van der Waals surface area contributed by atoms with Gasteiger partial charge >= 0.3 is 6.09 Å². The van der Waals surface area contributed by atoms with Crippen LogP contribution in [0.25, 0.3) is 0 Å². The van der Waals surface area contributed by atoms with Gasteiger partial charge in [-0.3, -0.25) is 15.4 Å². The second-order valence-electron chi connectivity index (χ2n) is 4.13. The van der Waals surface area contributed by atoms with Crippen LogP contribution in [0.15, 0.2) is 24.3 Å². The normalized spacial score (nSPS) is 9.95. The number of rotatable bonds is 7. The van der Waals surface area contributed by atoms with E-state index in [0.717, 1.165) is 25.7 Å². The molecule has 6 heteroatoms. The second-order valence-corrected chi connectivity index (χ2v) is 4.13. The van der Waals surface area contributed by atoms with Crippen molar-refractivity contribution in [2.45, 2.75) is 32.6 Å². The first kappa shape index (κ1) is 14.9. The Hall–Kier alpha value is -2.11. The number of nitrogens with zero attached hydrogens (tertiary/aromatic N) is 1. The summed E-state index contributed by atoms with van der Waals surface area (Å²) in [5.41, 5.74) is 0.286. The van der Waals surface area contributed by atoms with Crippen molar-refractivity contribution in [3.63, 3.8) is 0 Å². The fourth-order valence-electron chi connectivity index (χ4n) is 1.54. The fourth-order valence-corrected chi connectivity index (χ4v) is 1.54. The predicted molar refractivity (Wildman–Crippen MR) is 72.2 cm³/mol. The van der Waals surface area contributed by atoms with Crippen molar-refractivity contribution in [2.75, 3.05) is 11.9 Å². The van der Waals surface area contributed by atoms with Gasteiger partial charge in [-0.15, -0.1) is 0 Å². The molecule has 0 radical (unpaired) electrons. The SMILES string of the molecule is CCCCCCOC(=O)Nc1cccc([N+](=O)[O-])c1. The lowest BCUT2D eigenvalue weighted by atomic mass is 10.2. The number of carbonyl (C=O) groups is 1. The first-order valence-electron chi connectivity index (χ1n) is 6.31. The van der Waals surface area contributed by atoms with E-state index in [9.17, 15) is 14.9 Å². The molecule has 0 aliphatic carbocycles. The molecule has 0 atom stereocenters. The van der Waals surface area contributed by atoms with Gasteiger partial charge in [-0.2, -0.15) is 0 Å². The van der Waals surface area contributed by atoms with Gasteiger partial charge in [0, 0.05) is 12.1 Å². The summed E-state index contributed by atoms with van der Waals surface area (Å²) in [5, 5.41) is 13.0. The summed E-state index contributed by atoms with van der Waals surface area (Å²) in [6.45, 7) is 2.47. The number of hydrogen-bond donors (Lipinski definition) is 1. The molecule has 1 aromatic rings. The summed E-state index contributed by atoms with van der Waals surface area (Å²) in [4.78, 5) is 21.5. The number of hydrogen-bond acceptors (Lipinski definition) is 4. The average molecular weight is 266 g/mol. The predicted octanol–water partition coefficient (Wildman–Crippen LogP) is 3.72. The van der Waals surface area contributed by atoms with Gasteiger partial charge in [0.25, 0.3) is 5.69 Å². The highest BCUT2D eigenvalue weighted by molar-refractivity contribution is 5.85. The molecule has 0 saturated carbocycles. The largest absolute Gasteiger partial charge is 0.449 e. The van der Waals surface area contributed by atoms with Crippen LogP contribution in [-0.4, -0.2) is 17.6 Å². The number of non-ortho nitro benzene ring substituents is 1. The summed E-state index contributed by atoms with van der Waals surface area (Å²) in [6.07, 6.45) is 3.52. The fraction of sp³-hybridized carbons (Fsp3) is 0.462. The van der Waals surface area contributed by atoms with Crippen LogP contribution in [0.3, 0.4) is 0 Å². The number of nitro groups is 1. The monoisotopic (exact) mass is 266 g/mol. The van der Waals surface area contributed by atoms with E-state index < -0.39 is 11.0 Å². The van der Waals surface area contributed by atoms with Crippen LogP contribution in [0.5, 0.6) is 0 Å². The molecule has 0 aliphatic rings. The number of unbranched alkanes of at least 4 members (excludes halogenated alkanes) is 3. The molecule has 1 N–H and O–H groups in total. The van der Waals surface area contributed by atoms with Crippen LogP contribution in [-0.2, 0) is 4.74 Å². The Morgan fingerprint density at radius 1 is 1.37 bits per heavy atom. The van der Waals surface area contributed by atoms with Crippen LogP contribution < -0.4 is 5.32 Å². The molecule has 19 heavy (non-hydrogen) atoms. The molecule has 1 aromatic carbocycles. The molecule has 1 rings (SSSR count). The number of amides is 1. The third-order valence-electron chi connectivity index (χ3n) is 2.53. The second kappa shape index (κ2) is 8.07. The Labute approximate surface area is 111 Å². The van der Waals surface area contributed by atoms with Crippen molar-refractivity contribution >= 4 is 17.5 Å². The van der Waals surface area contributed by atoms with Gasteiger partial charge in [-0.1, -0.05) is 32.3 Å². The molecule has 0 aliphatic heterocycles. The number of nitrogens with one attached hydrogen (secondary N) is 1. The van der Waals surface area contributed by atoms with Crippen LogP contribution in [0.1, 0.15) is 32.6 Å². The number of nitro benzene ring substituents is 1. The van der Waals surface area contributed by atoms with E-state index in [0.29, 0.717) is 12.3 Å². The number of benzene rings is 1. The van der Waals surface area contributed by atoms with Crippen molar-refractivity contribution in [1.82, 2.24) is 0 Å². The summed E-state index contributed by atoms with van der Waals surface area (Å²) in [6, 6.07) is 5.74. The maximum absolute atomic E-state index is 11.4. The third-order valence-corrected chi connectivity index (χ3v) is 2.53. The quantitative estimate of drug-likeness (QED) is 0.463. The molecule has 0 saturated heterocycles. The van der Waals surface area contributed by atoms with Gasteiger partial charge in [0.1, 0.15) is 0 Å². The molecule has 0 heterocycles. The zero-order chi connectivity index (χ0) is 14.1.